The van der Waals surface area contributed by atoms with Crippen LogP contribution in [0.3, 0.4) is 0 Å². The number of hydrogen-bond acceptors (Lipinski definition) is 3. The maximum atomic E-state index is 12.2. The van der Waals surface area contributed by atoms with Crippen LogP contribution < -0.4 is 0 Å². The molecule has 1 aliphatic heterocycles. The first-order valence-electron chi connectivity index (χ1n) is 8.31. The summed E-state index contributed by atoms with van der Waals surface area (Å²) in [6, 6.07) is 8.43. The third-order valence-electron chi connectivity index (χ3n) is 4.58. The molecule has 2 aromatic rings. The fourth-order valence-electron chi connectivity index (χ4n) is 3.07. The Hall–Kier alpha value is -2.40. The van der Waals surface area contributed by atoms with Gasteiger partial charge >= 0.3 is 0 Å². The summed E-state index contributed by atoms with van der Waals surface area (Å²) in [5.74, 6) is 0.130. The van der Waals surface area contributed by atoms with Gasteiger partial charge < -0.3 is 15.0 Å². The maximum absolute atomic E-state index is 12.2. The molecule has 1 amide bonds. The average molecular weight is 325 g/mol. The maximum Gasteiger partial charge on any atom is 0.246 e. The minimum atomic E-state index is -0.482. The zero-order chi connectivity index (χ0) is 16.9. The van der Waals surface area contributed by atoms with Gasteiger partial charge in [-0.3, -0.25) is 4.79 Å². The number of aliphatic hydroxyl groups excluding tert-OH is 1. The number of aliphatic hydroxyl groups is 1. The number of imidazole rings is 1. The van der Waals surface area contributed by atoms with Crippen LogP contribution in [0.2, 0.25) is 0 Å². The summed E-state index contributed by atoms with van der Waals surface area (Å²) in [5, 5.41) is 10.4. The van der Waals surface area contributed by atoms with Crippen molar-refractivity contribution in [1.82, 2.24) is 14.9 Å². The van der Waals surface area contributed by atoms with Crippen molar-refractivity contribution in [3.63, 3.8) is 0 Å². The van der Waals surface area contributed by atoms with Crippen molar-refractivity contribution in [2.45, 2.75) is 25.9 Å². The molecule has 1 fully saturated rings. The molecule has 24 heavy (non-hydrogen) atoms. The third-order valence-corrected chi connectivity index (χ3v) is 4.58. The molecule has 1 aromatic carbocycles. The molecule has 126 valence electrons. The zero-order valence-electron chi connectivity index (χ0n) is 13.9. The van der Waals surface area contributed by atoms with Crippen LogP contribution in [0, 0.1) is 12.8 Å². The molecule has 0 bridgehead atoms. The van der Waals surface area contributed by atoms with Crippen molar-refractivity contribution in [1.29, 1.82) is 0 Å². The quantitative estimate of drug-likeness (QED) is 0.847. The Morgan fingerprint density at radius 3 is 2.88 bits per heavy atom. The van der Waals surface area contributed by atoms with Crippen LogP contribution in [0.15, 0.2) is 42.9 Å². The average Bonchev–Trinajstić information content (AvgIpc) is 3.10. The molecule has 0 spiro atoms. The highest BCUT2D eigenvalue weighted by molar-refractivity contribution is 5.91. The van der Waals surface area contributed by atoms with Gasteiger partial charge in [0.25, 0.3) is 0 Å². The number of benzene rings is 1. The number of amides is 1. The summed E-state index contributed by atoms with van der Waals surface area (Å²) in [4.78, 5) is 20.8. The summed E-state index contributed by atoms with van der Waals surface area (Å²) < 4.78 is 0. The number of H-pyrrole nitrogens is 1. The summed E-state index contributed by atoms with van der Waals surface area (Å²) >= 11 is 0. The summed E-state index contributed by atoms with van der Waals surface area (Å²) in [7, 11) is 0. The van der Waals surface area contributed by atoms with Crippen molar-refractivity contribution in [3.8, 4) is 0 Å². The highest BCUT2D eigenvalue weighted by Crippen LogP contribution is 2.23. The number of rotatable bonds is 4. The molecule has 0 unspecified atom stereocenters. The number of carbonyl (C=O) groups is 1. The van der Waals surface area contributed by atoms with Crippen molar-refractivity contribution in [2.24, 2.45) is 5.92 Å². The third kappa shape index (κ3) is 4.11. The number of β-amino-alcohol motifs (C(OH)–C–C–N with tert-alkyl or cyclic N) is 1. The van der Waals surface area contributed by atoms with E-state index in [1.54, 1.807) is 23.5 Å². The smallest absolute Gasteiger partial charge is 0.246 e. The Morgan fingerprint density at radius 2 is 2.21 bits per heavy atom. The minimum absolute atomic E-state index is 0.0718. The predicted molar refractivity (Wildman–Crippen MR) is 93.2 cm³/mol. The molecule has 0 aliphatic carbocycles. The molecule has 5 heteroatoms. The summed E-state index contributed by atoms with van der Waals surface area (Å²) in [6.45, 7) is 3.14. The number of aromatic nitrogens is 2. The number of carbonyl (C=O) groups excluding carboxylic acids is 1. The molecule has 0 radical (unpaired) electrons. The number of likely N-dealkylation sites (tertiary alicyclic amines) is 1. The Balaban J connectivity index is 1.54. The van der Waals surface area contributed by atoms with E-state index in [4.69, 9.17) is 0 Å². The van der Waals surface area contributed by atoms with Crippen LogP contribution in [0.4, 0.5) is 0 Å². The van der Waals surface area contributed by atoms with Crippen LogP contribution in [0.1, 0.15) is 23.2 Å². The lowest BCUT2D eigenvalue weighted by atomic mass is 9.87. The highest BCUT2D eigenvalue weighted by Gasteiger charge is 2.29. The molecular formula is C19H23N3O2. The lowest BCUT2D eigenvalue weighted by Crippen LogP contribution is -2.46. The molecule has 1 aromatic heterocycles. The number of nitrogens with zero attached hydrogens (tertiary/aromatic N) is 2. The second kappa shape index (κ2) is 7.45. The minimum Gasteiger partial charge on any atom is -0.391 e. The molecule has 0 saturated carbocycles. The van der Waals surface area contributed by atoms with Crippen LogP contribution in [0.5, 0.6) is 0 Å². The lowest BCUT2D eigenvalue weighted by Gasteiger charge is -2.35. The van der Waals surface area contributed by atoms with Gasteiger partial charge in [0.15, 0.2) is 0 Å². The Bertz CT molecular complexity index is 692. The highest BCUT2D eigenvalue weighted by atomic mass is 16.3. The van der Waals surface area contributed by atoms with Crippen LogP contribution in [0.25, 0.3) is 6.08 Å². The second-order valence-corrected chi connectivity index (χ2v) is 6.43. The van der Waals surface area contributed by atoms with E-state index in [9.17, 15) is 9.90 Å². The molecule has 2 N–H and O–H groups in total. The number of aromatic amines is 1. The fourth-order valence-corrected chi connectivity index (χ4v) is 3.07. The van der Waals surface area contributed by atoms with E-state index < -0.39 is 6.10 Å². The number of hydrogen-bond donors (Lipinski definition) is 2. The lowest BCUT2D eigenvalue weighted by molar-refractivity contribution is -0.130. The molecule has 1 saturated heterocycles. The fraction of sp³-hybridized carbons (Fsp3) is 0.368. The van der Waals surface area contributed by atoms with E-state index in [0.717, 1.165) is 18.5 Å². The van der Waals surface area contributed by atoms with Gasteiger partial charge in [0.1, 0.15) is 0 Å². The van der Waals surface area contributed by atoms with E-state index in [1.165, 1.54) is 17.2 Å². The predicted octanol–water partition coefficient (Wildman–Crippen LogP) is 2.18. The normalized spacial score (nSPS) is 21.3. The van der Waals surface area contributed by atoms with Gasteiger partial charge in [0.2, 0.25) is 5.91 Å². The van der Waals surface area contributed by atoms with Crippen LogP contribution >= 0.6 is 0 Å². The number of piperidine rings is 1. The van der Waals surface area contributed by atoms with Gasteiger partial charge in [-0.05, 0) is 37.3 Å². The van der Waals surface area contributed by atoms with Gasteiger partial charge in [0.05, 0.1) is 24.3 Å². The Kier molecular flexibility index (Phi) is 5.11. The summed E-state index contributed by atoms with van der Waals surface area (Å²) in [5.41, 5.74) is 3.27. The van der Waals surface area contributed by atoms with E-state index >= 15 is 0 Å². The van der Waals surface area contributed by atoms with Crippen molar-refractivity contribution >= 4 is 12.0 Å². The SMILES string of the molecule is Cc1ccc(C[C@H]2CCN(C(=O)/C=C/c3cnc[nH]3)C[C@@H]2O)cc1. The topological polar surface area (TPSA) is 69.2 Å². The van der Waals surface area contributed by atoms with Gasteiger partial charge in [-0.25, -0.2) is 4.98 Å². The molecule has 2 heterocycles. The first kappa shape index (κ1) is 16.5. The first-order chi connectivity index (χ1) is 11.6. The molecule has 3 rings (SSSR count). The van der Waals surface area contributed by atoms with E-state index in [1.807, 2.05) is 0 Å². The zero-order valence-corrected chi connectivity index (χ0v) is 13.9. The van der Waals surface area contributed by atoms with Gasteiger partial charge in [-0.15, -0.1) is 0 Å². The first-order valence-corrected chi connectivity index (χ1v) is 8.31. The van der Waals surface area contributed by atoms with Gasteiger partial charge in [0, 0.05) is 19.2 Å². The van der Waals surface area contributed by atoms with Crippen molar-refractivity contribution < 1.29 is 9.90 Å². The Labute approximate surface area is 142 Å². The van der Waals surface area contributed by atoms with Gasteiger partial charge in [-0.2, -0.15) is 0 Å². The van der Waals surface area contributed by atoms with Crippen LogP contribution in [-0.2, 0) is 11.2 Å². The number of nitrogens with one attached hydrogen (secondary N) is 1. The van der Waals surface area contributed by atoms with Crippen molar-refractivity contribution in [2.75, 3.05) is 13.1 Å². The monoisotopic (exact) mass is 325 g/mol. The second-order valence-electron chi connectivity index (χ2n) is 6.43. The summed E-state index contributed by atoms with van der Waals surface area (Å²) in [6.07, 6.45) is 7.66. The Morgan fingerprint density at radius 1 is 1.42 bits per heavy atom. The van der Waals surface area contributed by atoms with Crippen LogP contribution in [-0.4, -0.2) is 45.1 Å². The standard InChI is InChI=1S/C19H23N3O2/c1-14-2-4-15(5-3-14)10-16-8-9-22(12-18(16)23)19(24)7-6-17-11-20-13-21-17/h2-7,11,13,16,18,23H,8-10,12H2,1H3,(H,20,21)/b7-6+/t16-,18+/m1/s1. The molecule has 1 aliphatic rings. The van der Waals surface area contributed by atoms with Crippen molar-refractivity contribution in [3.05, 3.63) is 59.7 Å². The molecular weight excluding hydrogens is 302 g/mol. The van der Waals surface area contributed by atoms with E-state index in [-0.39, 0.29) is 11.8 Å². The van der Waals surface area contributed by atoms with Gasteiger partial charge in [-0.1, -0.05) is 29.8 Å². The van der Waals surface area contributed by atoms with E-state index in [0.29, 0.717) is 13.1 Å². The molecule has 5 nitrogen and oxygen atoms in total. The number of aryl methyl sites for hydroxylation is 1. The molecule has 2 atom stereocenters. The largest absolute Gasteiger partial charge is 0.391 e. The van der Waals surface area contributed by atoms with E-state index in [2.05, 4.69) is 41.2 Å².